The number of rotatable bonds is 4. The molecule has 1 aromatic heterocycles. The summed E-state index contributed by atoms with van der Waals surface area (Å²) in [5.74, 6) is 0.207. The maximum absolute atomic E-state index is 12.8. The number of aromatic nitrogens is 1. The molecule has 7 nitrogen and oxygen atoms in total. The minimum absolute atomic E-state index is 0.177. The lowest BCUT2D eigenvalue weighted by Crippen LogP contribution is -2.54. The zero-order chi connectivity index (χ0) is 19.3. The molecule has 5 rings (SSSR count). The summed E-state index contributed by atoms with van der Waals surface area (Å²) in [7, 11) is -3.60. The topological polar surface area (TPSA) is 88.6 Å². The summed E-state index contributed by atoms with van der Waals surface area (Å²) in [6.07, 6.45) is 0.715. The van der Waals surface area contributed by atoms with Crippen LogP contribution in [0.25, 0.3) is 10.2 Å². The molecule has 0 spiro atoms. The van der Waals surface area contributed by atoms with Gasteiger partial charge in [-0.1, -0.05) is 0 Å². The van der Waals surface area contributed by atoms with Gasteiger partial charge in [0.05, 0.1) is 33.1 Å². The molecule has 3 heterocycles. The number of nitrogens with zero attached hydrogens (tertiary/aromatic N) is 2. The second-order valence-electron chi connectivity index (χ2n) is 6.91. The third-order valence-electron chi connectivity index (χ3n) is 5.12. The molecule has 2 aliphatic rings. The molecule has 0 radical (unpaired) electrons. The van der Waals surface area contributed by atoms with Crippen molar-refractivity contribution in [3.8, 4) is 5.75 Å². The van der Waals surface area contributed by atoms with Crippen molar-refractivity contribution in [1.29, 1.82) is 0 Å². The van der Waals surface area contributed by atoms with Crippen LogP contribution in [0.2, 0.25) is 0 Å². The Labute approximate surface area is 166 Å². The highest BCUT2D eigenvalue weighted by Gasteiger charge is 2.40. The van der Waals surface area contributed by atoms with Gasteiger partial charge in [0.1, 0.15) is 5.75 Å². The fourth-order valence-corrected chi connectivity index (χ4v) is 5.69. The van der Waals surface area contributed by atoms with Crippen LogP contribution in [0.3, 0.4) is 0 Å². The van der Waals surface area contributed by atoms with E-state index in [9.17, 15) is 13.2 Å². The van der Waals surface area contributed by atoms with E-state index in [4.69, 9.17) is 4.74 Å². The number of nitrogens with one attached hydrogen (secondary N) is 1. The van der Waals surface area contributed by atoms with Crippen LogP contribution >= 0.6 is 11.3 Å². The molecule has 28 heavy (non-hydrogen) atoms. The molecule has 1 fully saturated rings. The van der Waals surface area contributed by atoms with Crippen LogP contribution in [0.4, 0.5) is 5.69 Å². The van der Waals surface area contributed by atoms with E-state index in [2.05, 4.69) is 10.3 Å². The summed E-state index contributed by atoms with van der Waals surface area (Å²) in [4.78, 5) is 17.0. The number of hydrogen-bond donors (Lipinski definition) is 1. The summed E-state index contributed by atoms with van der Waals surface area (Å²) < 4.78 is 33.4. The van der Waals surface area contributed by atoms with Gasteiger partial charge in [-0.2, -0.15) is 4.31 Å². The molecule has 2 aliphatic heterocycles. The van der Waals surface area contributed by atoms with Crippen molar-refractivity contribution >= 4 is 43.2 Å². The highest BCUT2D eigenvalue weighted by Crippen LogP contribution is 2.31. The van der Waals surface area contributed by atoms with Gasteiger partial charge < -0.3 is 10.1 Å². The van der Waals surface area contributed by atoms with Crippen LogP contribution in [0.15, 0.2) is 46.8 Å². The molecule has 0 bridgehead atoms. The SMILES string of the molecule is O=C(Nc1ccc2scnc2c1)C1CN(S(=O)(=O)c2ccc3c(c2)CCO3)C1. The first-order chi connectivity index (χ1) is 13.5. The first-order valence-corrected chi connectivity index (χ1v) is 11.2. The zero-order valence-corrected chi connectivity index (χ0v) is 16.4. The van der Waals surface area contributed by atoms with E-state index in [0.717, 1.165) is 21.5 Å². The average Bonchev–Trinajstić information content (AvgIpc) is 3.28. The van der Waals surface area contributed by atoms with Crippen LogP contribution in [0.1, 0.15) is 5.56 Å². The van der Waals surface area contributed by atoms with Crippen molar-refractivity contribution in [2.75, 3.05) is 25.0 Å². The van der Waals surface area contributed by atoms with E-state index < -0.39 is 10.0 Å². The van der Waals surface area contributed by atoms with E-state index >= 15 is 0 Å². The van der Waals surface area contributed by atoms with Gasteiger partial charge in [0.15, 0.2) is 0 Å². The van der Waals surface area contributed by atoms with Gasteiger partial charge in [0.2, 0.25) is 15.9 Å². The summed E-state index contributed by atoms with van der Waals surface area (Å²) in [6, 6.07) is 10.5. The summed E-state index contributed by atoms with van der Waals surface area (Å²) >= 11 is 1.54. The Kier molecular flexibility index (Phi) is 4.11. The standard InChI is InChI=1S/C19H17N3O4S2/c23-19(21-14-1-4-18-16(8-14)20-11-27-18)13-9-22(10-13)28(24,25)15-2-3-17-12(7-15)5-6-26-17/h1-4,7-8,11,13H,5-6,9-10H2,(H,21,23). The third-order valence-corrected chi connectivity index (χ3v) is 7.75. The van der Waals surface area contributed by atoms with Gasteiger partial charge >= 0.3 is 0 Å². The van der Waals surface area contributed by atoms with Gasteiger partial charge in [-0.15, -0.1) is 11.3 Å². The lowest BCUT2D eigenvalue weighted by Gasteiger charge is -2.37. The zero-order valence-electron chi connectivity index (χ0n) is 14.8. The van der Waals surface area contributed by atoms with Crippen LogP contribution in [-0.2, 0) is 21.2 Å². The monoisotopic (exact) mass is 415 g/mol. The third kappa shape index (κ3) is 2.95. The molecule has 1 amide bonds. The van der Waals surface area contributed by atoms with E-state index in [1.807, 2.05) is 18.2 Å². The van der Waals surface area contributed by atoms with E-state index in [1.165, 1.54) is 4.31 Å². The molecular formula is C19H17N3O4S2. The van der Waals surface area contributed by atoms with Crippen LogP contribution < -0.4 is 10.1 Å². The molecule has 0 unspecified atom stereocenters. The van der Waals surface area contributed by atoms with Gasteiger partial charge in [-0.3, -0.25) is 4.79 Å². The van der Waals surface area contributed by atoms with Crippen molar-refractivity contribution in [3.05, 3.63) is 47.5 Å². The first-order valence-electron chi connectivity index (χ1n) is 8.91. The van der Waals surface area contributed by atoms with Gasteiger partial charge in [-0.05, 0) is 42.0 Å². The number of thiazole rings is 1. The minimum Gasteiger partial charge on any atom is -0.493 e. The number of amides is 1. The maximum Gasteiger partial charge on any atom is 0.243 e. The summed E-state index contributed by atoms with van der Waals surface area (Å²) in [5.41, 5.74) is 4.17. The maximum atomic E-state index is 12.8. The number of ether oxygens (including phenoxy) is 1. The predicted molar refractivity (Wildman–Crippen MR) is 106 cm³/mol. The molecule has 0 saturated carbocycles. The first kappa shape index (κ1) is 17.6. The lowest BCUT2D eigenvalue weighted by atomic mass is 10.0. The average molecular weight is 415 g/mol. The number of sulfonamides is 1. The largest absolute Gasteiger partial charge is 0.493 e. The van der Waals surface area contributed by atoms with Crippen LogP contribution in [-0.4, -0.2) is 43.3 Å². The molecule has 1 N–H and O–H groups in total. The van der Waals surface area contributed by atoms with Crippen LogP contribution in [0, 0.1) is 5.92 Å². The van der Waals surface area contributed by atoms with Crippen molar-refractivity contribution in [2.45, 2.75) is 11.3 Å². The quantitative estimate of drug-likeness (QED) is 0.707. The predicted octanol–water partition coefficient (Wildman–Crippen LogP) is 2.49. The number of hydrogen-bond acceptors (Lipinski definition) is 6. The van der Waals surface area contributed by atoms with Gasteiger partial charge in [0.25, 0.3) is 0 Å². The Morgan fingerprint density at radius 2 is 2.07 bits per heavy atom. The van der Waals surface area contributed by atoms with Crippen molar-refractivity contribution < 1.29 is 17.9 Å². The molecule has 3 aromatic rings. The Bertz CT molecular complexity index is 1180. The highest BCUT2D eigenvalue weighted by atomic mass is 32.2. The van der Waals surface area contributed by atoms with E-state index in [0.29, 0.717) is 18.7 Å². The second-order valence-corrected chi connectivity index (χ2v) is 9.74. The van der Waals surface area contributed by atoms with Crippen molar-refractivity contribution in [1.82, 2.24) is 9.29 Å². The van der Waals surface area contributed by atoms with E-state index in [1.54, 1.807) is 35.0 Å². The van der Waals surface area contributed by atoms with Crippen LogP contribution in [0.5, 0.6) is 5.75 Å². The molecule has 9 heteroatoms. The van der Waals surface area contributed by atoms with Crippen molar-refractivity contribution in [3.63, 3.8) is 0 Å². The molecule has 1 saturated heterocycles. The summed E-state index contributed by atoms with van der Waals surface area (Å²) in [6.45, 7) is 0.943. The fourth-order valence-electron chi connectivity index (χ4n) is 3.45. The number of benzene rings is 2. The molecular weight excluding hydrogens is 398 g/mol. The second kappa shape index (κ2) is 6.54. The number of carbonyl (C=O) groups excluding carboxylic acids is 1. The van der Waals surface area contributed by atoms with Gasteiger partial charge in [-0.25, -0.2) is 13.4 Å². The smallest absolute Gasteiger partial charge is 0.243 e. The Balaban J connectivity index is 1.25. The Morgan fingerprint density at radius 1 is 1.21 bits per heavy atom. The summed E-state index contributed by atoms with van der Waals surface area (Å²) in [5, 5.41) is 2.86. The van der Waals surface area contributed by atoms with Crippen molar-refractivity contribution in [2.24, 2.45) is 5.92 Å². The molecule has 0 atom stereocenters. The molecule has 0 aliphatic carbocycles. The normalized spacial score (nSPS) is 17.1. The van der Waals surface area contributed by atoms with E-state index in [-0.39, 0.29) is 29.8 Å². The highest BCUT2D eigenvalue weighted by molar-refractivity contribution is 7.89. The fraction of sp³-hybridized carbons (Fsp3) is 0.263. The Morgan fingerprint density at radius 3 is 2.93 bits per heavy atom. The molecule has 2 aromatic carbocycles. The van der Waals surface area contributed by atoms with Gasteiger partial charge in [0, 0.05) is 25.2 Å². The number of fused-ring (bicyclic) bond motifs is 2. The number of anilines is 1. The minimum atomic E-state index is -3.60. The Hall–Kier alpha value is -2.49. The molecule has 144 valence electrons. The lowest BCUT2D eigenvalue weighted by molar-refractivity contribution is -0.122. The number of carbonyl (C=O) groups is 1.